The first-order valence-electron chi connectivity index (χ1n) is 8.65. The summed E-state index contributed by atoms with van der Waals surface area (Å²) in [6.07, 6.45) is 1.49. The summed E-state index contributed by atoms with van der Waals surface area (Å²) < 4.78 is 28.6. The number of methoxy groups -OCH3 is 1. The van der Waals surface area contributed by atoms with Crippen molar-refractivity contribution in [1.82, 2.24) is 0 Å². The first-order valence-corrected chi connectivity index (χ1v) is 10.5. The van der Waals surface area contributed by atoms with E-state index in [9.17, 15) is 18.0 Å². The Labute approximate surface area is 164 Å². The lowest BCUT2D eigenvalue weighted by Gasteiger charge is -2.32. The highest BCUT2D eigenvalue weighted by Crippen LogP contribution is 2.38. The molecule has 2 N–H and O–H groups in total. The maximum Gasteiger partial charge on any atom is 0.259 e. The quantitative estimate of drug-likeness (QED) is 0.819. The monoisotopic (exact) mass is 402 g/mol. The molecule has 1 aliphatic rings. The van der Waals surface area contributed by atoms with Crippen molar-refractivity contribution in [3.05, 3.63) is 47.5 Å². The Kier molecular flexibility index (Phi) is 4.93. The zero-order chi connectivity index (χ0) is 20.7. The number of hydrogen-bond acceptors (Lipinski definition) is 5. The van der Waals surface area contributed by atoms with Crippen LogP contribution in [0.1, 0.15) is 36.2 Å². The number of nitrogens with one attached hydrogen (secondary N) is 2. The minimum Gasteiger partial charge on any atom is -0.496 e. The Bertz CT molecular complexity index is 1070. The molecule has 148 valence electrons. The van der Waals surface area contributed by atoms with Gasteiger partial charge in [0, 0.05) is 29.5 Å². The second-order valence-corrected chi connectivity index (χ2v) is 9.47. The van der Waals surface area contributed by atoms with E-state index in [1.807, 2.05) is 19.9 Å². The fourth-order valence-corrected chi connectivity index (χ4v) is 3.93. The van der Waals surface area contributed by atoms with Crippen molar-refractivity contribution in [2.75, 3.05) is 24.0 Å². The van der Waals surface area contributed by atoms with Gasteiger partial charge in [0.25, 0.3) is 5.91 Å². The van der Waals surface area contributed by atoms with E-state index in [4.69, 9.17) is 4.74 Å². The molecule has 0 unspecified atom stereocenters. The van der Waals surface area contributed by atoms with Gasteiger partial charge in [0.15, 0.2) is 9.84 Å². The van der Waals surface area contributed by atoms with Gasteiger partial charge in [0.05, 0.1) is 17.6 Å². The molecule has 0 saturated heterocycles. The van der Waals surface area contributed by atoms with Crippen molar-refractivity contribution in [3.63, 3.8) is 0 Å². The number of fused-ring (bicyclic) bond motifs is 1. The highest BCUT2D eigenvalue weighted by atomic mass is 32.2. The Morgan fingerprint density at radius 1 is 1.18 bits per heavy atom. The van der Waals surface area contributed by atoms with Gasteiger partial charge in [-0.05, 0) is 35.9 Å². The maximum absolute atomic E-state index is 12.7. The molecule has 3 rings (SSSR count). The van der Waals surface area contributed by atoms with Crippen LogP contribution in [0.25, 0.3) is 0 Å². The molecule has 1 heterocycles. The normalized spacial score (nSPS) is 15.4. The Balaban J connectivity index is 1.90. The van der Waals surface area contributed by atoms with E-state index in [1.54, 1.807) is 12.1 Å². The largest absolute Gasteiger partial charge is 0.496 e. The third-order valence-corrected chi connectivity index (χ3v) is 5.84. The molecular formula is C20H22N2O5S. The van der Waals surface area contributed by atoms with Crippen molar-refractivity contribution < 1.29 is 22.7 Å². The number of carbonyl (C=O) groups excluding carboxylic acids is 2. The summed E-state index contributed by atoms with van der Waals surface area (Å²) in [4.78, 5) is 24.7. The fraction of sp³-hybridized carbons (Fsp3) is 0.300. The van der Waals surface area contributed by atoms with Gasteiger partial charge >= 0.3 is 0 Å². The average molecular weight is 402 g/mol. The van der Waals surface area contributed by atoms with E-state index in [0.717, 1.165) is 11.8 Å². The van der Waals surface area contributed by atoms with E-state index >= 15 is 0 Å². The summed E-state index contributed by atoms with van der Waals surface area (Å²) >= 11 is 0. The van der Waals surface area contributed by atoms with Gasteiger partial charge in [-0.3, -0.25) is 9.59 Å². The van der Waals surface area contributed by atoms with Gasteiger partial charge < -0.3 is 15.4 Å². The third-order valence-electron chi connectivity index (χ3n) is 4.73. The van der Waals surface area contributed by atoms with Gasteiger partial charge in [-0.1, -0.05) is 19.9 Å². The van der Waals surface area contributed by atoms with E-state index in [1.165, 1.54) is 25.3 Å². The highest BCUT2D eigenvalue weighted by Gasteiger charge is 2.32. The fourth-order valence-electron chi connectivity index (χ4n) is 3.29. The lowest BCUT2D eigenvalue weighted by Crippen LogP contribution is -2.32. The lowest BCUT2D eigenvalue weighted by molar-refractivity contribution is -0.117. The van der Waals surface area contributed by atoms with Crippen molar-refractivity contribution in [1.29, 1.82) is 0 Å². The molecule has 0 fully saturated rings. The first-order chi connectivity index (χ1) is 13.0. The van der Waals surface area contributed by atoms with Gasteiger partial charge in [-0.15, -0.1) is 0 Å². The zero-order valence-electron chi connectivity index (χ0n) is 16.1. The second-order valence-electron chi connectivity index (χ2n) is 7.46. The van der Waals surface area contributed by atoms with Crippen LogP contribution in [0.15, 0.2) is 41.3 Å². The third kappa shape index (κ3) is 3.87. The SMILES string of the molecule is COc1cc(S(C)(=O)=O)ccc1C(=O)Nc1ccc2c(c1)NC(=O)CC2(C)C. The number of sulfone groups is 1. The number of amides is 2. The lowest BCUT2D eigenvalue weighted by atomic mass is 9.78. The van der Waals surface area contributed by atoms with Crippen LogP contribution in [0, 0.1) is 0 Å². The molecule has 0 bridgehead atoms. The summed E-state index contributed by atoms with van der Waals surface area (Å²) in [5, 5.41) is 5.60. The van der Waals surface area contributed by atoms with Crippen LogP contribution in [-0.4, -0.2) is 33.6 Å². The van der Waals surface area contributed by atoms with Crippen LogP contribution in [-0.2, 0) is 20.0 Å². The molecule has 0 aromatic heterocycles. The standard InChI is InChI=1S/C20H22N2O5S/c1-20(2)11-18(23)22-16-9-12(5-8-15(16)20)21-19(24)14-7-6-13(28(4,25)26)10-17(14)27-3/h5-10H,11H2,1-4H3,(H,21,24)(H,22,23). The van der Waals surface area contributed by atoms with Gasteiger partial charge in [0.1, 0.15) is 5.75 Å². The predicted molar refractivity (Wildman–Crippen MR) is 107 cm³/mol. The Hall–Kier alpha value is -2.87. The molecule has 1 aliphatic heterocycles. The van der Waals surface area contributed by atoms with E-state index in [0.29, 0.717) is 17.8 Å². The summed E-state index contributed by atoms with van der Waals surface area (Å²) in [5.41, 5.74) is 2.09. The molecule has 0 aliphatic carbocycles. The molecule has 0 atom stereocenters. The Morgan fingerprint density at radius 3 is 2.54 bits per heavy atom. The van der Waals surface area contributed by atoms with Gasteiger partial charge in [-0.2, -0.15) is 0 Å². The molecule has 0 saturated carbocycles. The molecule has 28 heavy (non-hydrogen) atoms. The topological polar surface area (TPSA) is 102 Å². The Morgan fingerprint density at radius 2 is 1.89 bits per heavy atom. The van der Waals surface area contributed by atoms with Crippen LogP contribution >= 0.6 is 0 Å². The van der Waals surface area contributed by atoms with E-state index in [2.05, 4.69) is 10.6 Å². The van der Waals surface area contributed by atoms with Crippen molar-refractivity contribution in [2.24, 2.45) is 0 Å². The number of carbonyl (C=O) groups is 2. The molecule has 2 aromatic carbocycles. The van der Waals surface area contributed by atoms with Crippen LogP contribution in [0.4, 0.5) is 11.4 Å². The van der Waals surface area contributed by atoms with E-state index < -0.39 is 15.7 Å². The molecular weight excluding hydrogens is 380 g/mol. The average Bonchev–Trinajstić information content (AvgIpc) is 2.59. The highest BCUT2D eigenvalue weighted by molar-refractivity contribution is 7.90. The number of hydrogen-bond donors (Lipinski definition) is 2. The predicted octanol–water partition coefficient (Wildman–Crippen LogP) is 2.97. The van der Waals surface area contributed by atoms with Crippen LogP contribution in [0.2, 0.25) is 0 Å². The molecule has 0 radical (unpaired) electrons. The summed E-state index contributed by atoms with van der Waals surface area (Å²) in [7, 11) is -2.05. The van der Waals surface area contributed by atoms with Crippen LogP contribution in [0.3, 0.4) is 0 Å². The van der Waals surface area contributed by atoms with Crippen LogP contribution in [0.5, 0.6) is 5.75 Å². The molecule has 2 aromatic rings. The van der Waals surface area contributed by atoms with Gasteiger partial charge in [-0.25, -0.2) is 8.42 Å². The maximum atomic E-state index is 12.7. The number of benzene rings is 2. The molecule has 8 heteroatoms. The van der Waals surface area contributed by atoms with Crippen LogP contribution < -0.4 is 15.4 Å². The minimum atomic E-state index is -3.42. The summed E-state index contributed by atoms with van der Waals surface area (Å²) in [5.74, 6) is -0.356. The second kappa shape index (κ2) is 6.94. The molecule has 0 spiro atoms. The van der Waals surface area contributed by atoms with Crippen molar-refractivity contribution in [2.45, 2.75) is 30.6 Å². The minimum absolute atomic E-state index is 0.0691. The van der Waals surface area contributed by atoms with E-state index in [-0.39, 0.29) is 27.5 Å². The van der Waals surface area contributed by atoms with Crippen molar-refractivity contribution >= 4 is 33.0 Å². The van der Waals surface area contributed by atoms with Gasteiger partial charge in [0.2, 0.25) is 5.91 Å². The molecule has 2 amide bonds. The summed E-state index contributed by atoms with van der Waals surface area (Å²) in [6.45, 7) is 3.99. The number of anilines is 2. The number of rotatable bonds is 4. The smallest absolute Gasteiger partial charge is 0.259 e. The zero-order valence-corrected chi connectivity index (χ0v) is 16.9. The first kappa shape index (κ1) is 19.9. The van der Waals surface area contributed by atoms with Crippen molar-refractivity contribution in [3.8, 4) is 5.75 Å². The number of ether oxygens (including phenoxy) is 1. The summed E-state index contributed by atoms with van der Waals surface area (Å²) in [6, 6.07) is 9.46. The molecule has 7 nitrogen and oxygen atoms in total.